The molecule has 1 aliphatic heterocycles. The van der Waals surface area contributed by atoms with Gasteiger partial charge in [-0.25, -0.2) is 0 Å². The molecule has 3 aromatic rings. The standard InChI is InChI=1S/C27H21BrClN3O5S/c1-2-36-22-14-16(12-20-25(34)31-27(38)32(26(20)35)19-6-4-3-5-7-19)13-21(28)24(22)37-15-23(33)30-18-10-8-17(29)9-11-18/h3-14H,2,15H2,1H3,(H,30,33)(H,31,34,38)/b20-12-. The topological polar surface area (TPSA) is 97.0 Å². The molecule has 194 valence electrons. The predicted molar refractivity (Wildman–Crippen MR) is 154 cm³/mol. The number of halogens is 2. The molecule has 38 heavy (non-hydrogen) atoms. The smallest absolute Gasteiger partial charge is 0.270 e. The zero-order valence-electron chi connectivity index (χ0n) is 20.0. The zero-order valence-corrected chi connectivity index (χ0v) is 23.2. The molecule has 3 amide bonds. The van der Waals surface area contributed by atoms with E-state index in [-0.39, 0.29) is 23.2 Å². The van der Waals surface area contributed by atoms with Gasteiger partial charge in [0.1, 0.15) is 5.57 Å². The highest BCUT2D eigenvalue weighted by Crippen LogP contribution is 2.38. The maximum atomic E-state index is 13.2. The quantitative estimate of drug-likeness (QED) is 0.202. The van der Waals surface area contributed by atoms with Gasteiger partial charge >= 0.3 is 0 Å². The van der Waals surface area contributed by atoms with Gasteiger partial charge in [0.05, 0.1) is 16.8 Å². The minimum Gasteiger partial charge on any atom is -0.490 e. The van der Waals surface area contributed by atoms with Gasteiger partial charge in [-0.15, -0.1) is 0 Å². The summed E-state index contributed by atoms with van der Waals surface area (Å²) < 4.78 is 11.9. The van der Waals surface area contributed by atoms with Crippen LogP contribution >= 0.6 is 39.7 Å². The minimum absolute atomic E-state index is 0.000149. The number of rotatable bonds is 8. The first-order valence-corrected chi connectivity index (χ1v) is 13.0. The average Bonchev–Trinajstić information content (AvgIpc) is 2.88. The van der Waals surface area contributed by atoms with Crippen molar-refractivity contribution in [3.8, 4) is 11.5 Å². The molecule has 8 nitrogen and oxygen atoms in total. The molecule has 0 spiro atoms. The van der Waals surface area contributed by atoms with E-state index in [1.807, 2.05) is 6.07 Å². The lowest BCUT2D eigenvalue weighted by atomic mass is 10.1. The lowest BCUT2D eigenvalue weighted by molar-refractivity contribution is -0.122. The fourth-order valence-corrected chi connectivity index (χ4v) is 4.56. The van der Waals surface area contributed by atoms with E-state index in [2.05, 4.69) is 26.6 Å². The van der Waals surface area contributed by atoms with Crippen LogP contribution < -0.4 is 25.0 Å². The molecule has 0 atom stereocenters. The summed E-state index contributed by atoms with van der Waals surface area (Å²) >= 11 is 14.6. The van der Waals surface area contributed by atoms with Crippen molar-refractivity contribution in [2.24, 2.45) is 0 Å². The number of nitrogens with zero attached hydrogens (tertiary/aromatic N) is 1. The third-order valence-electron chi connectivity index (χ3n) is 5.23. The molecular formula is C27H21BrClN3O5S. The van der Waals surface area contributed by atoms with Gasteiger partial charge in [-0.1, -0.05) is 29.8 Å². The van der Waals surface area contributed by atoms with Crippen LogP contribution in [0.2, 0.25) is 5.02 Å². The highest BCUT2D eigenvalue weighted by atomic mass is 79.9. The Morgan fingerprint density at radius 3 is 2.50 bits per heavy atom. The van der Waals surface area contributed by atoms with E-state index in [0.29, 0.717) is 44.5 Å². The SMILES string of the molecule is CCOc1cc(/C=C2/C(=O)NC(=S)N(c3ccccc3)C2=O)cc(Br)c1OCC(=O)Nc1ccc(Cl)cc1. The van der Waals surface area contributed by atoms with E-state index >= 15 is 0 Å². The Kier molecular flexibility index (Phi) is 8.77. The molecule has 0 aromatic heterocycles. The Hall–Kier alpha value is -3.73. The van der Waals surface area contributed by atoms with Crippen molar-refractivity contribution in [3.05, 3.63) is 87.4 Å². The Labute approximate surface area is 237 Å². The molecule has 0 bridgehead atoms. The summed E-state index contributed by atoms with van der Waals surface area (Å²) in [6, 6.07) is 18.8. The van der Waals surface area contributed by atoms with Crippen LogP contribution in [0.25, 0.3) is 6.08 Å². The normalized spacial score (nSPS) is 14.3. The molecule has 3 aromatic carbocycles. The second-order valence-corrected chi connectivity index (χ2v) is 9.58. The highest BCUT2D eigenvalue weighted by molar-refractivity contribution is 9.10. The number of anilines is 2. The van der Waals surface area contributed by atoms with E-state index in [4.69, 9.17) is 33.3 Å². The number of hydrogen-bond donors (Lipinski definition) is 2. The first-order chi connectivity index (χ1) is 18.3. The molecule has 0 unspecified atom stereocenters. The van der Waals surface area contributed by atoms with Gasteiger partial charge in [-0.05, 0) is 95.2 Å². The lowest BCUT2D eigenvalue weighted by Crippen LogP contribution is -2.54. The molecule has 1 saturated heterocycles. The lowest BCUT2D eigenvalue weighted by Gasteiger charge is -2.28. The van der Waals surface area contributed by atoms with Crippen molar-refractivity contribution in [1.82, 2.24) is 5.32 Å². The van der Waals surface area contributed by atoms with Crippen LogP contribution in [-0.2, 0) is 14.4 Å². The molecule has 0 saturated carbocycles. The number of benzene rings is 3. The number of hydrogen-bond acceptors (Lipinski definition) is 6. The summed E-state index contributed by atoms with van der Waals surface area (Å²) in [5.41, 5.74) is 1.50. The highest BCUT2D eigenvalue weighted by Gasteiger charge is 2.34. The van der Waals surface area contributed by atoms with Gasteiger partial charge in [0.2, 0.25) is 0 Å². The third-order valence-corrected chi connectivity index (χ3v) is 6.36. The molecule has 2 N–H and O–H groups in total. The molecule has 0 aliphatic carbocycles. The molecule has 1 aliphatic rings. The van der Waals surface area contributed by atoms with Crippen molar-refractivity contribution < 1.29 is 23.9 Å². The number of para-hydroxylation sites is 1. The summed E-state index contributed by atoms with van der Waals surface area (Å²) in [5, 5.41) is 5.84. The van der Waals surface area contributed by atoms with E-state index in [1.54, 1.807) is 67.6 Å². The van der Waals surface area contributed by atoms with E-state index in [9.17, 15) is 14.4 Å². The van der Waals surface area contributed by atoms with Crippen LogP contribution in [-0.4, -0.2) is 36.0 Å². The predicted octanol–water partition coefficient (Wildman–Crippen LogP) is 5.35. The van der Waals surface area contributed by atoms with Gasteiger partial charge in [0.15, 0.2) is 23.2 Å². The van der Waals surface area contributed by atoms with Crippen molar-refractivity contribution in [1.29, 1.82) is 0 Å². The number of nitrogens with one attached hydrogen (secondary N) is 2. The molecule has 11 heteroatoms. The fourth-order valence-electron chi connectivity index (χ4n) is 3.58. The van der Waals surface area contributed by atoms with Gasteiger partial charge < -0.3 is 14.8 Å². The second-order valence-electron chi connectivity index (χ2n) is 7.90. The van der Waals surface area contributed by atoms with Gasteiger partial charge in [-0.2, -0.15) is 0 Å². The number of carbonyl (C=O) groups is 3. The summed E-state index contributed by atoms with van der Waals surface area (Å²) in [4.78, 5) is 39.6. The average molecular weight is 615 g/mol. The molecule has 0 radical (unpaired) electrons. The Morgan fingerprint density at radius 1 is 1.11 bits per heavy atom. The van der Waals surface area contributed by atoms with Gasteiger partial charge in [-0.3, -0.25) is 24.6 Å². The van der Waals surface area contributed by atoms with E-state index in [0.717, 1.165) is 0 Å². The van der Waals surface area contributed by atoms with Crippen molar-refractivity contribution in [3.63, 3.8) is 0 Å². The van der Waals surface area contributed by atoms with Crippen LogP contribution in [0.4, 0.5) is 11.4 Å². The van der Waals surface area contributed by atoms with Gasteiger partial charge in [0.25, 0.3) is 17.7 Å². The van der Waals surface area contributed by atoms with Crippen molar-refractivity contribution in [2.45, 2.75) is 6.92 Å². The molecule has 1 fully saturated rings. The minimum atomic E-state index is -0.611. The first kappa shape index (κ1) is 27.3. The fraction of sp³-hybridized carbons (Fsp3) is 0.111. The summed E-state index contributed by atoms with van der Waals surface area (Å²) in [6.07, 6.45) is 1.44. The van der Waals surface area contributed by atoms with Crippen LogP contribution in [0.5, 0.6) is 11.5 Å². The Morgan fingerprint density at radius 2 is 1.82 bits per heavy atom. The summed E-state index contributed by atoms with van der Waals surface area (Å²) in [7, 11) is 0. The Balaban J connectivity index is 1.57. The van der Waals surface area contributed by atoms with Crippen LogP contribution in [0.15, 0.2) is 76.8 Å². The summed E-state index contributed by atoms with van der Waals surface area (Å²) in [5.74, 6) is -0.924. The number of carbonyl (C=O) groups excluding carboxylic acids is 3. The molecule has 1 heterocycles. The van der Waals surface area contributed by atoms with E-state index < -0.39 is 11.8 Å². The maximum Gasteiger partial charge on any atom is 0.270 e. The number of thiocarbonyl (C=S) groups is 1. The van der Waals surface area contributed by atoms with Crippen LogP contribution in [0.3, 0.4) is 0 Å². The van der Waals surface area contributed by atoms with Gasteiger partial charge in [0, 0.05) is 10.7 Å². The second kappa shape index (κ2) is 12.2. The van der Waals surface area contributed by atoms with Crippen molar-refractivity contribution in [2.75, 3.05) is 23.4 Å². The summed E-state index contributed by atoms with van der Waals surface area (Å²) in [6.45, 7) is 1.83. The maximum absolute atomic E-state index is 13.2. The third kappa shape index (κ3) is 6.39. The largest absolute Gasteiger partial charge is 0.490 e. The van der Waals surface area contributed by atoms with E-state index in [1.165, 1.54) is 11.0 Å². The molecule has 4 rings (SSSR count). The zero-order chi connectivity index (χ0) is 27.2. The first-order valence-electron chi connectivity index (χ1n) is 11.4. The Bertz CT molecular complexity index is 1430. The monoisotopic (exact) mass is 613 g/mol. The van der Waals surface area contributed by atoms with Crippen LogP contribution in [0, 0.1) is 0 Å². The van der Waals surface area contributed by atoms with Crippen LogP contribution in [0.1, 0.15) is 12.5 Å². The van der Waals surface area contributed by atoms with Crippen molar-refractivity contribution >= 4 is 80.0 Å². The number of amides is 3. The molecular weight excluding hydrogens is 594 g/mol. The number of ether oxygens (including phenoxy) is 2.